The van der Waals surface area contributed by atoms with Crippen LogP contribution in [0.15, 0.2) is 18.2 Å². The Bertz CT molecular complexity index is 794. The third-order valence-electron chi connectivity index (χ3n) is 5.71. The first-order chi connectivity index (χ1) is 12.7. The zero-order chi connectivity index (χ0) is 18.1. The van der Waals surface area contributed by atoms with E-state index in [1.54, 1.807) is 0 Å². The number of nitrogens with one attached hydrogen (secondary N) is 1. The highest BCUT2D eigenvalue weighted by molar-refractivity contribution is 5.95. The Morgan fingerprint density at radius 1 is 1.31 bits per heavy atom. The van der Waals surface area contributed by atoms with E-state index in [9.17, 15) is 4.79 Å². The molecule has 0 aliphatic carbocycles. The van der Waals surface area contributed by atoms with Gasteiger partial charge in [0.15, 0.2) is 0 Å². The van der Waals surface area contributed by atoms with Gasteiger partial charge in [-0.15, -0.1) is 0 Å². The molecule has 140 valence electrons. The minimum absolute atomic E-state index is 0.0510. The second kappa shape index (κ2) is 7.37. The number of ether oxygens (including phenoxy) is 1. The predicted molar refractivity (Wildman–Crippen MR) is 102 cm³/mol. The fourth-order valence-corrected chi connectivity index (χ4v) is 4.37. The Labute approximate surface area is 154 Å². The number of imidazole rings is 1. The molecule has 0 radical (unpaired) electrons. The molecule has 1 aromatic heterocycles. The molecular weight excluding hydrogens is 328 g/mol. The maximum absolute atomic E-state index is 13.0. The molecule has 1 N–H and O–H groups in total. The van der Waals surface area contributed by atoms with Gasteiger partial charge in [0.1, 0.15) is 0 Å². The molecule has 2 aliphatic heterocycles. The molecular formula is C20H28N4O2. The fraction of sp³-hybridized carbons (Fsp3) is 0.600. The third kappa shape index (κ3) is 3.23. The van der Waals surface area contributed by atoms with E-state index in [4.69, 9.17) is 4.74 Å². The Kier molecular flexibility index (Phi) is 4.96. The third-order valence-corrected chi connectivity index (χ3v) is 5.71. The van der Waals surface area contributed by atoms with E-state index in [-0.39, 0.29) is 11.9 Å². The van der Waals surface area contributed by atoms with Gasteiger partial charge in [0.25, 0.3) is 0 Å². The van der Waals surface area contributed by atoms with Crippen molar-refractivity contribution in [3.05, 3.63) is 23.8 Å². The molecule has 1 aromatic carbocycles. The number of carbonyl (C=O) groups is 1. The van der Waals surface area contributed by atoms with Crippen molar-refractivity contribution in [1.29, 1.82) is 0 Å². The monoisotopic (exact) mass is 356 g/mol. The number of fused-ring (bicyclic) bond motifs is 1. The number of hydrogen-bond donors (Lipinski definition) is 1. The Balaban J connectivity index is 1.54. The lowest BCUT2D eigenvalue weighted by Gasteiger charge is -2.34. The fourth-order valence-electron chi connectivity index (χ4n) is 4.37. The molecule has 2 aliphatic rings. The number of rotatable bonds is 4. The number of benzene rings is 1. The summed E-state index contributed by atoms with van der Waals surface area (Å²) in [7, 11) is 0. The molecule has 3 heterocycles. The van der Waals surface area contributed by atoms with Crippen LogP contribution >= 0.6 is 0 Å². The van der Waals surface area contributed by atoms with Gasteiger partial charge in [-0.05, 0) is 63.8 Å². The van der Waals surface area contributed by atoms with Crippen LogP contribution in [0.5, 0.6) is 0 Å². The number of carbonyl (C=O) groups excluding carboxylic acids is 1. The van der Waals surface area contributed by atoms with Gasteiger partial charge in [0.05, 0.1) is 17.1 Å². The maximum atomic E-state index is 13.0. The highest BCUT2D eigenvalue weighted by Crippen LogP contribution is 2.27. The highest BCUT2D eigenvalue weighted by atomic mass is 16.5. The van der Waals surface area contributed by atoms with E-state index < -0.39 is 0 Å². The van der Waals surface area contributed by atoms with Crippen molar-refractivity contribution < 1.29 is 9.53 Å². The topological polar surface area (TPSA) is 59.4 Å². The summed E-state index contributed by atoms with van der Waals surface area (Å²) in [4.78, 5) is 20.1. The SMILES string of the molecule is CCn1c(NC(=O)C2CCCN2C2CCOCC2)nc2cc(C)ccc21. The first-order valence-electron chi connectivity index (χ1n) is 9.78. The van der Waals surface area contributed by atoms with Gasteiger partial charge in [-0.1, -0.05) is 6.07 Å². The van der Waals surface area contributed by atoms with Gasteiger partial charge >= 0.3 is 0 Å². The van der Waals surface area contributed by atoms with Gasteiger partial charge < -0.3 is 9.30 Å². The molecule has 2 aromatic rings. The predicted octanol–water partition coefficient (Wildman–Crippen LogP) is 2.95. The van der Waals surface area contributed by atoms with E-state index in [2.05, 4.69) is 51.8 Å². The summed E-state index contributed by atoms with van der Waals surface area (Å²) in [6.45, 7) is 7.55. The number of aromatic nitrogens is 2. The molecule has 1 unspecified atom stereocenters. The molecule has 1 atom stereocenters. The number of amides is 1. The van der Waals surface area contributed by atoms with Crippen LogP contribution in [0, 0.1) is 6.92 Å². The number of hydrogen-bond acceptors (Lipinski definition) is 4. The van der Waals surface area contributed by atoms with Crippen molar-refractivity contribution in [2.45, 2.75) is 58.2 Å². The second-order valence-electron chi connectivity index (χ2n) is 7.40. The summed E-state index contributed by atoms with van der Waals surface area (Å²) in [5.74, 6) is 0.743. The lowest BCUT2D eigenvalue weighted by atomic mass is 10.1. The van der Waals surface area contributed by atoms with Crippen LogP contribution in [0.4, 0.5) is 5.95 Å². The summed E-state index contributed by atoms with van der Waals surface area (Å²) in [5, 5.41) is 3.12. The molecule has 0 spiro atoms. The van der Waals surface area contributed by atoms with E-state index in [0.717, 1.165) is 63.0 Å². The molecule has 26 heavy (non-hydrogen) atoms. The quantitative estimate of drug-likeness (QED) is 0.915. The lowest BCUT2D eigenvalue weighted by Crippen LogP contribution is -2.47. The molecule has 2 saturated heterocycles. The molecule has 6 heteroatoms. The average molecular weight is 356 g/mol. The van der Waals surface area contributed by atoms with Crippen molar-refractivity contribution >= 4 is 22.9 Å². The molecule has 0 saturated carbocycles. The van der Waals surface area contributed by atoms with Crippen LogP contribution < -0.4 is 5.32 Å². The first kappa shape index (κ1) is 17.5. The van der Waals surface area contributed by atoms with Gasteiger partial charge in [0, 0.05) is 25.8 Å². The lowest BCUT2D eigenvalue weighted by molar-refractivity contribution is -0.121. The van der Waals surface area contributed by atoms with Crippen molar-refractivity contribution in [2.24, 2.45) is 0 Å². The summed E-state index contributed by atoms with van der Waals surface area (Å²) in [5.41, 5.74) is 3.19. The van der Waals surface area contributed by atoms with Gasteiger partial charge in [-0.2, -0.15) is 0 Å². The number of nitrogens with zero attached hydrogens (tertiary/aromatic N) is 3. The van der Waals surface area contributed by atoms with Crippen LogP contribution in [0.1, 0.15) is 38.2 Å². The number of anilines is 1. The van der Waals surface area contributed by atoms with Crippen molar-refractivity contribution in [2.75, 3.05) is 25.1 Å². The minimum atomic E-state index is -0.0510. The Morgan fingerprint density at radius 2 is 2.12 bits per heavy atom. The van der Waals surface area contributed by atoms with Gasteiger partial charge in [-0.3, -0.25) is 15.0 Å². The van der Waals surface area contributed by atoms with Crippen LogP contribution in [-0.4, -0.2) is 52.2 Å². The van der Waals surface area contributed by atoms with E-state index in [1.165, 1.54) is 5.56 Å². The standard InChI is InChI=1S/C20H28N4O2/c1-3-23-17-7-6-14(2)13-16(17)21-20(23)22-19(25)18-5-4-10-24(18)15-8-11-26-12-9-15/h6-7,13,15,18H,3-5,8-12H2,1-2H3,(H,21,22,25). The summed E-state index contributed by atoms with van der Waals surface area (Å²) < 4.78 is 7.57. The molecule has 6 nitrogen and oxygen atoms in total. The van der Waals surface area contributed by atoms with Gasteiger partial charge in [-0.25, -0.2) is 4.98 Å². The molecule has 4 rings (SSSR count). The van der Waals surface area contributed by atoms with Crippen molar-refractivity contribution in [3.63, 3.8) is 0 Å². The zero-order valence-corrected chi connectivity index (χ0v) is 15.7. The molecule has 1 amide bonds. The van der Waals surface area contributed by atoms with E-state index in [0.29, 0.717) is 12.0 Å². The van der Waals surface area contributed by atoms with Gasteiger partial charge in [0.2, 0.25) is 11.9 Å². The summed E-state index contributed by atoms with van der Waals surface area (Å²) >= 11 is 0. The highest BCUT2D eigenvalue weighted by Gasteiger charge is 2.36. The number of aryl methyl sites for hydroxylation is 2. The minimum Gasteiger partial charge on any atom is -0.381 e. The average Bonchev–Trinajstić information content (AvgIpc) is 3.26. The Morgan fingerprint density at radius 3 is 2.88 bits per heavy atom. The number of likely N-dealkylation sites (tertiary alicyclic amines) is 1. The zero-order valence-electron chi connectivity index (χ0n) is 15.7. The van der Waals surface area contributed by atoms with Crippen LogP contribution in [-0.2, 0) is 16.1 Å². The molecule has 0 bridgehead atoms. The van der Waals surface area contributed by atoms with Crippen molar-refractivity contribution in [3.8, 4) is 0 Å². The second-order valence-corrected chi connectivity index (χ2v) is 7.40. The maximum Gasteiger partial charge on any atom is 0.244 e. The van der Waals surface area contributed by atoms with Crippen molar-refractivity contribution in [1.82, 2.24) is 14.5 Å². The largest absolute Gasteiger partial charge is 0.381 e. The smallest absolute Gasteiger partial charge is 0.244 e. The molecule has 2 fully saturated rings. The van der Waals surface area contributed by atoms with Crippen LogP contribution in [0.25, 0.3) is 11.0 Å². The Hall–Kier alpha value is -1.92. The van der Waals surface area contributed by atoms with Crippen LogP contribution in [0.2, 0.25) is 0 Å². The van der Waals surface area contributed by atoms with Crippen LogP contribution in [0.3, 0.4) is 0 Å². The summed E-state index contributed by atoms with van der Waals surface area (Å²) in [6, 6.07) is 6.66. The summed E-state index contributed by atoms with van der Waals surface area (Å²) in [6.07, 6.45) is 4.06. The van der Waals surface area contributed by atoms with E-state index in [1.807, 2.05) is 0 Å². The first-order valence-corrected chi connectivity index (χ1v) is 9.78. The normalized spacial score (nSPS) is 22.2. The van der Waals surface area contributed by atoms with E-state index >= 15 is 0 Å².